The number of carbonyl (C=O) groups excluding carboxylic acids is 1. The Bertz CT molecular complexity index is 478. The van der Waals surface area contributed by atoms with Gasteiger partial charge in [0.15, 0.2) is 0 Å². The Balaban J connectivity index is 3.37. The zero-order chi connectivity index (χ0) is 12.3. The molecule has 16 heavy (non-hydrogen) atoms. The molecule has 0 radical (unpaired) electrons. The maximum absolute atomic E-state index is 11.9. The lowest BCUT2D eigenvalue weighted by Gasteiger charge is -2.18. The average Bonchev–Trinajstić information content (AvgIpc) is 2.26. The number of hydrogen-bond donors (Lipinski definition) is 0. The smallest absolute Gasteiger partial charge is 0.327 e. The van der Waals surface area contributed by atoms with Crippen molar-refractivity contribution in [3.63, 3.8) is 0 Å². The van der Waals surface area contributed by atoms with Gasteiger partial charge in [-0.15, -0.1) is 0 Å². The molecule has 0 aromatic carbocycles. The molecule has 0 unspecified atom stereocenters. The summed E-state index contributed by atoms with van der Waals surface area (Å²) in [7, 11) is 1.66. The first kappa shape index (κ1) is 12.1. The summed E-state index contributed by atoms with van der Waals surface area (Å²) in [6, 6.07) is 1.01. The molecule has 0 saturated heterocycles. The van der Waals surface area contributed by atoms with Gasteiger partial charge in [0.25, 0.3) is 5.56 Å². The number of nitrogens with zero attached hydrogens (tertiary/aromatic N) is 4. The summed E-state index contributed by atoms with van der Waals surface area (Å²) in [6.45, 7) is 7.36. The Morgan fingerprint density at radius 1 is 1.69 bits per heavy atom. The third-order valence-corrected chi connectivity index (χ3v) is 2.23. The average molecular weight is 222 g/mol. The Hall–Kier alpha value is -1.98. The van der Waals surface area contributed by atoms with Crippen LogP contribution >= 0.6 is 0 Å². The van der Waals surface area contributed by atoms with Gasteiger partial charge in [0.1, 0.15) is 0 Å². The third-order valence-electron chi connectivity index (χ3n) is 2.23. The summed E-state index contributed by atoms with van der Waals surface area (Å²) in [6.07, 6.45) is 0. The van der Waals surface area contributed by atoms with Crippen LogP contribution in [-0.4, -0.2) is 40.8 Å². The monoisotopic (exact) mass is 222 g/mol. The van der Waals surface area contributed by atoms with E-state index in [1.54, 1.807) is 14.0 Å². The van der Waals surface area contributed by atoms with Crippen LogP contribution in [0.4, 0.5) is 10.7 Å². The molecule has 1 aromatic heterocycles. The number of hydrogen-bond acceptors (Lipinski definition) is 4. The molecule has 0 aliphatic carbocycles. The second-order valence-electron chi connectivity index (χ2n) is 3.33. The van der Waals surface area contributed by atoms with Crippen molar-refractivity contribution in [1.82, 2.24) is 14.5 Å². The van der Waals surface area contributed by atoms with E-state index in [9.17, 15) is 9.59 Å². The molecule has 6 heteroatoms. The number of amides is 1. The van der Waals surface area contributed by atoms with E-state index >= 15 is 0 Å². The second kappa shape index (κ2) is 4.69. The molecule has 86 valence electrons. The molecule has 0 aliphatic rings. The molecule has 0 bridgehead atoms. The summed E-state index contributed by atoms with van der Waals surface area (Å²) in [4.78, 5) is 31.8. The number of aliphatic imine (C=N–C) groups is 1. The van der Waals surface area contributed by atoms with Crippen molar-refractivity contribution in [2.45, 2.75) is 13.8 Å². The molecular weight excluding hydrogens is 208 g/mol. The van der Waals surface area contributed by atoms with Gasteiger partial charge in [-0.25, -0.2) is 14.4 Å². The molecule has 0 atom stereocenters. The lowest BCUT2D eigenvalue weighted by Crippen LogP contribution is -2.33. The van der Waals surface area contributed by atoms with Crippen molar-refractivity contribution in [3.8, 4) is 0 Å². The fraction of sp³-hybridized carbons (Fsp3) is 0.400. The van der Waals surface area contributed by atoms with E-state index in [-0.39, 0.29) is 12.0 Å². The van der Waals surface area contributed by atoms with Crippen molar-refractivity contribution in [3.05, 3.63) is 22.1 Å². The highest BCUT2D eigenvalue weighted by molar-refractivity contribution is 5.80. The van der Waals surface area contributed by atoms with Crippen molar-refractivity contribution < 1.29 is 4.79 Å². The van der Waals surface area contributed by atoms with E-state index in [2.05, 4.69) is 16.7 Å². The quantitative estimate of drug-likeness (QED) is 0.695. The van der Waals surface area contributed by atoms with Gasteiger partial charge in [0.2, 0.25) is 5.95 Å². The molecule has 1 amide bonds. The number of aromatic nitrogens is 2. The van der Waals surface area contributed by atoms with Gasteiger partial charge in [-0.3, -0.25) is 4.79 Å². The zero-order valence-electron chi connectivity index (χ0n) is 9.60. The number of carbonyl (C=O) groups is 1. The maximum atomic E-state index is 11.9. The van der Waals surface area contributed by atoms with Crippen molar-refractivity contribution >= 4 is 18.7 Å². The highest BCUT2D eigenvalue weighted by Gasteiger charge is 2.15. The summed E-state index contributed by atoms with van der Waals surface area (Å²) < 4.78 is 1.26. The van der Waals surface area contributed by atoms with E-state index in [0.29, 0.717) is 12.2 Å². The standard InChI is InChI=1S/C10H14N4O2/c1-5-13(4)10(16)14-7(2)6-8(15)12-9(14)11-3/h6H,3,5H2,1-2,4H3. The van der Waals surface area contributed by atoms with Gasteiger partial charge in [-0.2, -0.15) is 4.98 Å². The fourth-order valence-corrected chi connectivity index (χ4v) is 1.23. The first-order valence-electron chi connectivity index (χ1n) is 4.84. The van der Waals surface area contributed by atoms with E-state index in [1.807, 2.05) is 6.92 Å². The summed E-state index contributed by atoms with van der Waals surface area (Å²) in [5.74, 6) is 0.0234. The summed E-state index contributed by atoms with van der Waals surface area (Å²) in [5.41, 5.74) is 0.0656. The molecule has 6 nitrogen and oxygen atoms in total. The van der Waals surface area contributed by atoms with Crippen LogP contribution in [0.2, 0.25) is 0 Å². The molecule has 0 fully saturated rings. The van der Waals surface area contributed by atoms with Crippen molar-refractivity contribution in [2.75, 3.05) is 13.6 Å². The van der Waals surface area contributed by atoms with Gasteiger partial charge in [0, 0.05) is 25.4 Å². The second-order valence-corrected chi connectivity index (χ2v) is 3.33. The van der Waals surface area contributed by atoms with E-state index in [1.165, 1.54) is 15.5 Å². The Labute approximate surface area is 93.2 Å². The molecule has 1 aromatic rings. The van der Waals surface area contributed by atoms with E-state index in [4.69, 9.17) is 0 Å². The minimum absolute atomic E-state index is 0.0234. The predicted molar refractivity (Wildman–Crippen MR) is 61.5 cm³/mol. The Kier molecular flexibility index (Phi) is 3.55. The van der Waals surface area contributed by atoms with Gasteiger partial charge < -0.3 is 4.90 Å². The van der Waals surface area contributed by atoms with Crippen LogP contribution in [-0.2, 0) is 0 Å². The largest absolute Gasteiger partial charge is 0.330 e. The van der Waals surface area contributed by atoms with Crippen LogP contribution in [0.15, 0.2) is 15.9 Å². The van der Waals surface area contributed by atoms with Gasteiger partial charge in [-0.05, 0) is 20.6 Å². The lowest BCUT2D eigenvalue weighted by atomic mass is 10.4. The van der Waals surface area contributed by atoms with Crippen molar-refractivity contribution in [2.24, 2.45) is 4.99 Å². The minimum Gasteiger partial charge on any atom is -0.327 e. The maximum Gasteiger partial charge on any atom is 0.330 e. The molecule has 1 heterocycles. The van der Waals surface area contributed by atoms with Crippen LogP contribution in [0, 0.1) is 6.92 Å². The Morgan fingerprint density at radius 3 is 2.81 bits per heavy atom. The highest BCUT2D eigenvalue weighted by atomic mass is 16.2. The van der Waals surface area contributed by atoms with E-state index < -0.39 is 5.56 Å². The molecule has 1 rings (SSSR count). The molecule has 0 N–H and O–H groups in total. The van der Waals surface area contributed by atoms with E-state index in [0.717, 1.165) is 0 Å². The lowest BCUT2D eigenvalue weighted by molar-refractivity contribution is 0.212. The summed E-state index contributed by atoms with van der Waals surface area (Å²) in [5, 5.41) is 0. The summed E-state index contributed by atoms with van der Waals surface area (Å²) >= 11 is 0. The van der Waals surface area contributed by atoms with Gasteiger partial charge in [-0.1, -0.05) is 0 Å². The zero-order valence-corrected chi connectivity index (χ0v) is 9.60. The van der Waals surface area contributed by atoms with Crippen LogP contribution in [0.5, 0.6) is 0 Å². The van der Waals surface area contributed by atoms with Crippen LogP contribution < -0.4 is 5.56 Å². The third kappa shape index (κ3) is 2.16. The molecule has 0 spiro atoms. The van der Waals surface area contributed by atoms with Crippen LogP contribution in [0.1, 0.15) is 12.6 Å². The SMILES string of the molecule is C=Nc1nc(=O)cc(C)n1C(=O)N(C)CC. The minimum atomic E-state index is -0.428. The molecule has 0 aliphatic heterocycles. The van der Waals surface area contributed by atoms with Gasteiger partial charge in [0.05, 0.1) is 0 Å². The van der Waals surface area contributed by atoms with Gasteiger partial charge >= 0.3 is 6.03 Å². The predicted octanol–water partition coefficient (Wildman–Crippen LogP) is 0.804. The normalized spacial score (nSPS) is 9.94. The first-order valence-corrected chi connectivity index (χ1v) is 4.84. The number of aryl methyl sites for hydroxylation is 1. The first-order chi connectivity index (χ1) is 7.51. The molecular formula is C10H14N4O2. The van der Waals surface area contributed by atoms with Crippen LogP contribution in [0.25, 0.3) is 0 Å². The molecule has 0 saturated carbocycles. The fourth-order valence-electron chi connectivity index (χ4n) is 1.23. The topological polar surface area (TPSA) is 67.6 Å². The highest BCUT2D eigenvalue weighted by Crippen LogP contribution is 2.09. The Morgan fingerprint density at radius 2 is 2.31 bits per heavy atom. The van der Waals surface area contributed by atoms with Crippen molar-refractivity contribution in [1.29, 1.82) is 0 Å². The number of rotatable bonds is 2. The van der Waals surface area contributed by atoms with Crippen LogP contribution in [0.3, 0.4) is 0 Å².